The highest BCUT2D eigenvalue weighted by molar-refractivity contribution is 5.89. The van der Waals surface area contributed by atoms with Crippen LogP contribution < -0.4 is 22.5 Å². The molecule has 8 aromatic carbocycles. The van der Waals surface area contributed by atoms with Gasteiger partial charge >= 0.3 is 0 Å². The number of nitrogens with two attached hydrogens (primary N) is 3. The van der Waals surface area contributed by atoms with Crippen LogP contribution in [0.3, 0.4) is 0 Å². The van der Waals surface area contributed by atoms with Crippen molar-refractivity contribution in [3.05, 3.63) is 287 Å². The van der Waals surface area contributed by atoms with Crippen molar-refractivity contribution in [3.63, 3.8) is 0 Å². The van der Waals surface area contributed by atoms with Crippen LogP contribution in [0.2, 0.25) is 0 Å². The topological polar surface area (TPSA) is 229 Å². The fourth-order valence-electron chi connectivity index (χ4n) is 16.0. The molecule has 16 heteroatoms. The molecule has 0 bridgehead atoms. The van der Waals surface area contributed by atoms with Crippen molar-refractivity contribution in [1.29, 1.82) is 0 Å². The molecule has 16 nitrogen and oxygen atoms in total. The molecule has 0 aliphatic carbocycles. The standard InChI is InChI=1S/C16H24N2.C15H22N2.C14H20N2.C13H18N2.3C12H16N2.C11H14N2/c1-5-18(6-2)12(3)11-15-13(4)17-16-10-8-7-9-14(15)16;1-3-4-10-17(2)11-9-13-12-16-15-8-6-5-7-14(13)15;1-10(16(3)4)9-13-11(2)15-14-8-6-5-7-12(13)14;1-10(15(2)3)8-11-9-14-13-7-5-4-6-12(11)13;1-9(13-2)7-10-8-14-12-6-4-3-5-11(10)12;1-8(13)7-11-9(2)14-12-6-4-3-5-10(11)12;1-2-10(13)7-9-8-14-12-6-4-3-5-11(9)12;1-8(12)6-9-7-13-11-5-3-2-4-10(9)11/h7-10,12,17H,5-6,11H2,1-4H3;5-8,12,16H,3-4,9-11H2,1-2H3;5-8,10,15H,9H2,1-4H3;4-7,9-10,14H,8H2,1-3H3;3-6,8-9,13-14H,7H2,1-2H3;3-6,8,14H,7,13H2,1-2H3;3-6,8,10,14H,2,7,13H2,1H3;2-5,7-8,13H,6,12H2,1H3. The number of unbranched alkanes of at least 4 members (excludes halogenated alkanes) is 1. The Bertz CT molecular complexity index is 5560. The highest BCUT2D eigenvalue weighted by Gasteiger charge is 2.18. The predicted octanol–water partition coefficient (Wildman–Crippen LogP) is 22.0. The summed E-state index contributed by atoms with van der Waals surface area (Å²) in [5.41, 5.74) is 42.4. The van der Waals surface area contributed by atoms with Crippen LogP contribution in [0.5, 0.6) is 0 Å². The SMILES string of the molecule is CC(Cc1c[nH]c2ccccc12)N(C)C.CC(N)Cc1c[nH]c2ccccc12.CCC(N)Cc1c[nH]c2ccccc12.CCCCN(C)CCc1c[nH]c2ccccc12.CCN(CC)C(C)Cc1c(C)[nH]c2ccccc12.CNC(C)Cc1c[nH]c2ccccc12.Cc1[nH]c2ccccc2c1CC(C)N.Cc1[nH]c2ccccc2c1CC(C)N(C)C. The Morgan fingerprint density at radius 2 is 0.628 bits per heavy atom. The van der Waals surface area contributed by atoms with Crippen LogP contribution in [0.1, 0.15) is 150 Å². The quantitative estimate of drug-likeness (QED) is 0.0236. The van der Waals surface area contributed by atoms with Crippen LogP contribution in [0.4, 0.5) is 0 Å². The van der Waals surface area contributed by atoms with Crippen LogP contribution in [0.15, 0.2) is 225 Å². The predicted molar refractivity (Wildman–Crippen MR) is 525 cm³/mol. The summed E-state index contributed by atoms with van der Waals surface area (Å²) >= 11 is 0. The molecule has 0 amide bonds. The molecular weight excluding hydrogens is 1490 g/mol. The van der Waals surface area contributed by atoms with Crippen LogP contribution in [0.25, 0.3) is 87.2 Å². The number of para-hydroxylation sites is 8. The second-order valence-electron chi connectivity index (χ2n) is 34.0. The van der Waals surface area contributed by atoms with E-state index in [1.165, 1.54) is 168 Å². The Labute approximate surface area is 723 Å². The zero-order valence-electron chi connectivity index (χ0n) is 76.5. The molecule has 0 saturated heterocycles. The minimum Gasteiger partial charge on any atom is -0.361 e. The van der Waals surface area contributed by atoms with Gasteiger partial charge in [-0.25, -0.2) is 0 Å². The van der Waals surface area contributed by atoms with Crippen molar-refractivity contribution >= 4 is 87.2 Å². The fourth-order valence-corrected chi connectivity index (χ4v) is 16.0. The van der Waals surface area contributed by atoms with Gasteiger partial charge in [-0.1, -0.05) is 180 Å². The van der Waals surface area contributed by atoms with Gasteiger partial charge < -0.3 is 82.0 Å². The first-order valence-electron chi connectivity index (χ1n) is 44.5. The largest absolute Gasteiger partial charge is 0.361 e. The molecule has 0 aliphatic heterocycles. The first-order chi connectivity index (χ1) is 58.3. The normalized spacial score (nSPS) is 13.1. The van der Waals surface area contributed by atoms with Crippen molar-refractivity contribution in [2.75, 3.05) is 68.5 Å². The number of aromatic nitrogens is 8. The average Bonchev–Trinajstić information content (AvgIpc) is 1.52. The summed E-state index contributed by atoms with van der Waals surface area (Å²) in [6, 6.07) is 70.6. The lowest BCUT2D eigenvalue weighted by molar-refractivity contribution is 0.230. The van der Waals surface area contributed by atoms with Crippen LogP contribution in [0, 0.1) is 20.8 Å². The number of likely N-dealkylation sites (N-methyl/N-ethyl adjacent to an activating group) is 5. The maximum Gasteiger partial charge on any atom is 0.0458 e. The molecule has 7 atom stereocenters. The number of aromatic amines is 8. The van der Waals surface area contributed by atoms with Gasteiger partial charge in [0.25, 0.3) is 0 Å². The van der Waals surface area contributed by atoms with Gasteiger partial charge in [0.2, 0.25) is 0 Å². The number of aryl methyl sites for hydroxylation is 3. The molecule has 16 aromatic rings. The summed E-state index contributed by atoms with van der Waals surface area (Å²) in [4.78, 5) is 36.2. The van der Waals surface area contributed by atoms with Gasteiger partial charge in [0.15, 0.2) is 0 Å². The van der Waals surface area contributed by atoms with E-state index in [0.717, 1.165) is 77.4 Å². The third-order valence-electron chi connectivity index (χ3n) is 23.9. The van der Waals surface area contributed by atoms with E-state index in [0.29, 0.717) is 24.2 Å². The summed E-state index contributed by atoms with van der Waals surface area (Å²) in [5.74, 6) is 0. The second-order valence-corrected chi connectivity index (χ2v) is 34.0. The fraction of sp³-hybridized carbons (Fsp3) is 0.390. The Kier molecular flexibility index (Phi) is 37.4. The van der Waals surface area contributed by atoms with E-state index in [-0.39, 0.29) is 18.1 Å². The molecule has 8 aromatic heterocycles. The molecular formula is C105H146N16. The third-order valence-corrected chi connectivity index (χ3v) is 23.9. The summed E-state index contributed by atoms with van der Waals surface area (Å²) in [6.07, 6.45) is 22.5. The molecule has 0 fully saturated rings. The molecule has 7 unspecified atom stereocenters. The molecule has 8 heterocycles. The lowest BCUT2D eigenvalue weighted by Crippen LogP contribution is -2.34. The number of benzene rings is 8. The van der Waals surface area contributed by atoms with E-state index < -0.39 is 0 Å². The van der Waals surface area contributed by atoms with Gasteiger partial charge in [0, 0.05) is 184 Å². The minimum absolute atomic E-state index is 0.216. The van der Waals surface area contributed by atoms with E-state index in [2.05, 4.69) is 377 Å². The zero-order valence-corrected chi connectivity index (χ0v) is 76.5. The maximum absolute atomic E-state index is 5.94. The van der Waals surface area contributed by atoms with E-state index in [9.17, 15) is 0 Å². The molecule has 0 saturated carbocycles. The van der Waals surface area contributed by atoms with Gasteiger partial charge in [-0.15, -0.1) is 0 Å². The van der Waals surface area contributed by atoms with Gasteiger partial charge in [-0.3, -0.25) is 0 Å². The van der Waals surface area contributed by atoms with Crippen molar-refractivity contribution in [2.45, 2.75) is 203 Å². The number of nitrogens with one attached hydrogen (secondary N) is 9. The number of fused-ring (bicyclic) bond motifs is 8. The lowest BCUT2D eigenvalue weighted by Gasteiger charge is -2.26. The van der Waals surface area contributed by atoms with Gasteiger partial charge in [-0.05, 0) is 281 Å². The van der Waals surface area contributed by atoms with Crippen molar-refractivity contribution in [1.82, 2.24) is 64.8 Å². The minimum atomic E-state index is 0.216. The van der Waals surface area contributed by atoms with Crippen molar-refractivity contribution < 1.29 is 0 Å². The maximum atomic E-state index is 5.94. The highest BCUT2D eigenvalue weighted by atomic mass is 15.1. The summed E-state index contributed by atoms with van der Waals surface area (Å²) in [7, 11) is 12.7. The number of H-pyrrole nitrogens is 8. The summed E-state index contributed by atoms with van der Waals surface area (Å²) in [6.45, 7) is 33.0. The monoisotopic (exact) mass is 1630 g/mol. The zero-order chi connectivity index (χ0) is 87.1. The van der Waals surface area contributed by atoms with Gasteiger partial charge in [0.1, 0.15) is 0 Å². The molecule has 646 valence electrons. The van der Waals surface area contributed by atoms with Crippen LogP contribution in [-0.4, -0.2) is 170 Å². The van der Waals surface area contributed by atoms with Crippen LogP contribution >= 0.6 is 0 Å². The average molecular weight is 1630 g/mol. The smallest absolute Gasteiger partial charge is 0.0458 e. The van der Waals surface area contributed by atoms with E-state index in [1.54, 1.807) is 0 Å². The summed E-state index contributed by atoms with van der Waals surface area (Å²) < 4.78 is 0. The molecule has 0 aliphatic rings. The second kappa shape index (κ2) is 47.8. The number of hydrogen-bond donors (Lipinski definition) is 12. The number of hydrogen-bond acceptors (Lipinski definition) is 8. The first-order valence-corrected chi connectivity index (χ1v) is 44.5. The Balaban J connectivity index is 0.000000157. The molecule has 121 heavy (non-hydrogen) atoms. The molecule has 15 N–H and O–H groups in total. The Morgan fingerprint density at radius 1 is 0.331 bits per heavy atom. The Hall–Kier alpha value is -10.2. The van der Waals surface area contributed by atoms with Crippen molar-refractivity contribution in [2.24, 2.45) is 17.2 Å². The van der Waals surface area contributed by atoms with E-state index in [4.69, 9.17) is 17.2 Å². The number of nitrogens with zero attached hydrogens (tertiary/aromatic N) is 4. The van der Waals surface area contributed by atoms with Gasteiger partial charge in [0.05, 0.1) is 0 Å². The van der Waals surface area contributed by atoms with E-state index >= 15 is 0 Å². The third kappa shape index (κ3) is 27.4. The Morgan fingerprint density at radius 3 is 0.967 bits per heavy atom. The molecule has 16 rings (SSSR count). The number of rotatable bonds is 27. The first kappa shape index (κ1) is 94.6. The lowest BCUT2D eigenvalue weighted by atomic mass is 10.0. The van der Waals surface area contributed by atoms with Crippen LogP contribution in [-0.2, 0) is 51.4 Å². The molecule has 0 spiro atoms. The summed E-state index contributed by atoms with van der Waals surface area (Å²) in [5, 5.41) is 14.0. The van der Waals surface area contributed by atoms with Crippen molar-refractivity contribution in [3.8, 4) is 0 Å². The molecule has 0 radical (unpaired) electrons. The highest BCUT2D eigenvalue weighted by Crippen LogP contribution is 2.29. The van der Waals surface area contributed by atoms with E-state index in [1.807, 2.05) is 45.3 Å². The van der Waals surface area contributed by atoms with Gasteiger partial charge in [-0.2, -0.15) is 0 Å².